The van der Waals surface area contributed by atoms with Gasteiger partial charge in [0.05, 0.1) is 5.69 Å². The Hall–Kier alpha value is -2.16. The SMILES string of the molecule is Nc1cccc(O)c1Nc1ccccc1. The van der Waals surface area contributed by atoms with Crippen LogP contribution in [-0.4, -0.2) is 5.11 Å². The van der Waals surface area contributed by atoms with E-state index < -0.39 is 0 Å². The maximum absolute atomic E-state index is 9.61. The van der Waals surface area contributed by atoms with Crippen molar-refractivity contribution in [3.05, 3.63) is 48.5 Å². The first-order valence-electron chi connectivity index (χ1n) is 4.67. The molecule has 0 spiro atoms. The highest BCUT2D eigenvalue weighted by Crippen LogP contribution is 2.31. The molecule has 0 saturated heterocycles. The van der Waals surface area contributed by atoms with Crippen molar-refractivity contribution in [2.45, 2.75) is 0 Å². The summed E-state index contributed by atoms with van der Waals surface area (Å²) in [5, 5.41) is 12.7. The number of aromatic hydroxyl groups is 1. The second-order valence-corrected chi connectivity index (χ2v) is 3.23. The van der Waals surface area contributed by atoms with Gasteiger partial charge in [0, 0.05) is 5.69 Å². The number of phenolic OH excluding ortho intramolecular Hbond substituents is 1. The van der Waals surface area contributed by atoms with Gasteiger partial charge in [-0.15, -0.1) is 0 Å². The minimum Gasteiger partial charge on any atom is -0.506 e. The van der Waals surface area contributed by atoms with Crippen molar-refractivity contribution in [2.75, 3.05) is 11.1 Å². The zero-order chi connectivity index (χ0) is 10.7. The Labute approximate surface area is 88.2 Å². The predicted octanol–water partition coefficient (Wildman–Crippen LogP) is 2.72. The van der Waals surface area contributed by atoms with E-state index in [0.29, 0.717) is 11.4 Å². The summed E-state index contributed by atoms with van der Waals surface area (Å²) >= 11 is 0. The molecule has 0 radical (unpaired) electrons. The van der Waals surface area contributed by atoms with Crippen molar-refractivity contribution < 1.29 is 5.11 Å². The first-order valence-corrected chi connectivity index (χ1v) is 4.67. The van der Waals surface area contributed by atoms with Crippen LogP contribution in [0.3, 0.4) is 0 Å². The maximum Gasteiger partial charge on any atom is 0.141 e. The van der Waals surface area contributed by atoms with Gasteiger partial charge in [-0.3, -0.25) is 0 Å². The molecule has 0 fully saturated rings. The summed E-state index contributed by atoms with van der Waals surface area (Å²) < 4.78 is 0. The molecule has 0 bridgehead atoms. The number of rotatable bonds is 2. The largest absolute Gasteiger partial charge is 0.506 e. The van der Waals surface area contributed by atoms with Gasteiger partial charge in [-0.25, -0.2) is 0 Å². The van der Waals surface area contributed by atoms with Crippen molar-refractivity contribution in [1.29, 1.82) is 0 Å². The highest BCUT2D eigenvalue weighted by atomic mass is 16.3. The lowest BCUT2D eigenvalue weighted by Gasteiger charge is -2.10. The molecule has 0 aliphatic carbocycles. The van der Waals surface area contributed by atoms with Crippen LogP contribution in [0.2, 0.25) is 0 Å². The highest BCUT2D eigenvalue weighted by Gasteiger charge is 2.04. The van der Waals surface area contributed by atoms with Gasteiger partial charge in [-0.1, -0.05) is 24.3 Å². The van der Waals surface area contributed by atoms with Crippen molar-refractivity contribution >= 4 is 17.1 Å². The average Bonchev–Trinajstić information content (AvgIpc) is 2.25. The Morgan fingerprint density at radius 3 is 2.33 bits per heavy atom. The van der Waals surface area contributed by atoms with E-state index in [9.17, 15) is 5.11 Å². The number of nitrogens with one attached hydrogen (secondary N) is 1. The molecule has 2 aromatic carbocycles. The topological polar surface area (TPSA) is 58.3 Å². The normalized spacial score (nSPS) is 9.87. The van der Waals surface area contributed by atoms with Crippen LogP contribution in [0.4, 0.5) is 17.1 Å². The molecule has 0 aromatic heterocycles. The minimum atomic E-state index is 0.152. The van der Waals surface area contributed by atoms with Crippen LogP contribution >= 0.6 is 0 Å². The summed E-state index contributed by atoms with van der Waals surface area (Å²) in [6, 6.07) is 14.6. The molecule has 0 unspecified atom stereocenters. The number of hydrogen-bond acceptors (Lipinski definition) is 3. The van der Waals surface area contributed by atoms with E-state index in [0.717, 1.165) is 5.69 Å². The van der Waals surface area contributed by atoms with E-state index in [1.807, 2.05) is 30.3 Å². The fourth-order valence-corrected chi connectivity index (χ4v) is 1.36. The molecular formula is C12H12N2O. The van der Waals surface area contributed by atoms with E-state index in [1.165, 1.54) is 0 Å². The Bertz CT molecular complexity index is 434. The van der Waals surface area contributed by atoms with Crippen molar-refractivity contribution in [3.8, 4) is 5.75 Å². The number of para-hydroxylation sites is 2. The zero-order valence-corrected chi connectivity index (χ0v) is 8.14. The first-order chi connectivity index (χ1) is 7.27. The second kappa shape index (κ2) is 3.92. The van der Waals surface area contributed by atoms with Gasteiger partial charge in [0.1, 0.15) is 11.4 Å². The third-order valence-corrected chi connectivity index (χ3v) is 2.12. The summed E-state index contributed by atoms with van der Waals surface area (Å²) in [6.45, 7) is 0. The van der Waals surface area contributed by atoms with Crippen LogP contribution in [-0.2, 0) is 0 Å². The Morgan fingerprint density at radius 1 is 0.933 bits per heavy atom. The fourth-order valence-electron chi connectivity index (χ4n) is 1.36. The van der Waals surface area contributed by atoms with Gasteiger partial charge in [0.2, 0.25) is 0 Å². The summed E-state index contributed by atoms with van der Waals surface area (Å²) in [7, 11) is 0. The summed E-state index contributed by atoms with van der Waals surface area (Å²) in [5.74, 6) is 0.152. The van der Waals surface area contributed by atoms with E-state index in [-0.39, 0.29) is 5.75 Å². The van der Waals surface area contributed by atoms with E-state index in [4.69, 9.17) is 5.73 Å². The molecule has 2 aromatic rings. The quantitative estimate of drug-likeness (QED) is 0.516. The second-order valence-electron chi connectivity index (χ2n) is 3.23. The molecule has 3 nitrogen and oxygen atoms in total. The van der Waals surface area contributed by atoms with Crippen LogP contribution in [0.15, 0.2) is 48.5 Å². The molecule has 0 saturated carbocycles. The third kappa shape index (κ3) is 2.02. The monoisotopic (exact) mass is 200 g/mol. The lowest BCUT2D eigenvalue weighted by Crippen LogP contribution is -1.96. The van der Waals surface area contributed by atoms with Crippen molar-refractivity contribution in [3.63, 3.8) is 0 Å². The predicted molar refractivity (Wildman–Crippen MR) is 62.2 cm³/mol. The number of nitrogen functional groups attached to an aromatic ring is 1. The number of benzene rings is 2. The van der Waals surface area contributed by atoms with Gasteiger partial charge >= 0.3 is 0 Å². The highest BCUT2D eigenvalue weighted by molar-refractivity contribution is 5.78. The van der Waals surface area contributed by atoms with Gasteiger partial charge < -0.3 is 16.2 Å². The zero-order valence-electron chi connectivity index (χ0n) is 8.14. The average molecular weight is 200 g/mol. The molecule has 0 amide bonds. The Morgan fingerprint density at radius 2 is 1.67 bits per heavy atom. The van der Waals surface area contributed by atoms with Crippen LogP contribution < -0.4 is 11.1 Å². The van der Waals surface area contributed by atoms with Crippen LogP contribution in [0.1, 0.15) is 0 Å². The van der Waals surface area contributed by atoms with Gasteiger partial charge in [-0.05, 0) is 24.3 Å². The first kappa shape index (κ1) is 9.40. The Balaban J connectivity index is 2.32. The molecule has 2 rings (SSSR count). The lowest BCUT2D eigenvalue weighted by molar-refractivity contribution is 0.478. The molecule has 0 aliphatic rings. The van der Waals surface area contributed by atoms with Gasteiger partial charge in [-0.2, -0.15) is 0 Å². The van der Waals surface area contributed by atoms with Crippen molar-refractivity contribution in [2.24, 2.45) is 0 Å². The molecule has 76 valence electrons. The molecule has 0 atom stereocenters. The molecule has 4 N–H and O–H groups in total. The lowest BCUT2D eigenvalue weighted by atomic mass is 10.2. The van der Waals surface area contributed by atoms with Crippen LogP contribution in [0.5, 0.6) is 5.75 Å². The van der Waals surface area contributed by atoms with E-state index in [1.54, 1.807) is 18.2 Å². The third-order valence-electron chi connectivity index (χ3n) is 2.12. The summed E-state index contributed by atoms with van der Waals surface area (Å²) in [5.41, 5.74) is 7.71. The fraction of sp³-hybridized carbons (Fsp3) is 0. The standard InChI is InChI=1S/C12H12N2O/c13-10-7-4-8-11(15)12(10)14-9-5-2-1-3-6-9/h1-8,14-15H,13H2. The van der Waals surface area contributed by atoms with E-state index in [2.05, 4.69) is 5.32 Å². The Kier molecular flexibility index (Phi) is 2.46. The van der Waals surface area contributed by atoms with Gasteiger partial charge in [0.25, 0.3) is 0 Å². The number of phenols is 1. The smallest absolute Gasteiger partial charge is 0.141 e. The number of anilines is 3. The molecule has 15 heavy (non-hydrogen) atoms. The minimum absolute atomic E-state index is 0.152. The van der Waals surface area contributed by atoms with Crippen molar-refractivity contribution in [1.82, 2.24) is 0 Å². The van der Waals surface area contributed by atoms with E-state index >= 15 is 0 Å². The summed E-state index contributed by atoms with van der Waals surface area (Å²) in [4.78, 5) is 0. The number of hydrogen-bond donors (Lipinski definition) is 3. The van der Waals surface area contributed by atoms with Crippen LogP contribution in [0.25, 0.3) is 0 Å². The molecular weight excluding hydrogens is 188 g/mol. The number of nitrogens with two attached hydrogens (primary N) is 1. The molecule has 0 aliphatic heterocycles. The molecule has 0 heterocycles. The summed E-state index contributed by atoms with van der Waals surface area (Å²) in [6.07, 6.45) is 0. The maximum atomic E-state index is 9.61. The van der Waals surface area contributed by atoms with Crippen LogP contribution in [0, 0.1) is 0 Å². The molecule has 3 heteroatoms. The van der Waals surface area contributed by atoms with Gasteiger partial charge in [0.15, 0.2) is 0 Å².